The third-order valence-electron chi connectivity index (χ3n) is 5.23. The number of halogens is 2. The number of nitrogens with zero attached hydrogens (tertiary/aromatic N) is 1. The highest BCUT2D eigenvalue weighted by Gasteiger charge is 2.29. The zero-order chi connectivity index (χ0) is 23.7. The van der Waals surface area contributed by atoms with E-state index in [-0.39, 0.29) is 25.0 Å². The molecule has 0 aliphatic heterocycles. The molecule has 0 fully saturated rings. The van der Waals surface area contributed by atoms with Crippen LogP contribution >= 0.6 is 23.2 Å². The van der Waals surface area contributed by atoms with Gasteiger partial charge in [-0.2, -0.15) is 0 Å². The zero-order valence-electron chi connectivity index (χ0n) is 19.2. The Morgan fingerprint density at radius 2 is 1.66 bits per heavy atom. The molecule has 7 heteroatoms. The third kappa shape index (κ3) is 7.14. The van der Waals surface area contributed by atoms with Gasteiger partial charge in [0.05, 0.1) is 0 Å². The summed E-state index contributed by atoms with van der Waals surface area (Å²) in [7, 11) is 0. The van der Waals surface area contributed by atoms with Gasteiger partial charge in [-0.05, 0) is 48.6 Å². The number of rotatable bonds is 11. The maximum atomic E-state index is 13.2. The minimum atomic E-state index is -0.659. The van der Waals surface area contributed by atoms with Crippen LogP contribution in [0.3, 0.4) is 0 Å². The molecule has 2 rings (SSSR count). The predicted octanol–water partition coefficient (Wildman–Crippen LogP) is 5.83. The predicted molar refractivity (Wildman–Crippen MR) is 130 cm³/mol. The smallest absolute Gasteiger partial charge is 0.261 e. The molecule has 2 aromatic carbocycles. The lowest BCUT2D eigenvalue weighted by atomic mass is 10.0. The molecule has 0 spiro atoms. The molecule has 2 amide bonds. The monoisotopic (exact) mass is 478 g/mol. The Morgan fingerprint density at radius 1 is 1.03 bits per heavy atom. The summed E-state index contributed by atoms with van der Waals surface area (Å²) in [6.45, 7) is 8.55. The Balaban J connectivity index is 2.23. The SMILES string of the molecule is CCCNC(=O)C(CC)N(Cc1c(Cl)cccc1Cl)C(=O)COc1ccc(C(C)C)cc1. The highest BCUT2D eigenvalue weighted by Crippen LogP contribution is 2.27. The Hall–Kier alpha value is -2.24. The highest BCUT2D eigenvalue weighted by atomic mass is 35.5. The second-order valence-corrected chi connectivity index (χ2v) is 8.76. The molecule has 0 aliphatic rings. The van der Waals surface area contributed by atoms with E-state index in [0.717, 1.165) is 6.42 Å². The van der Waals surface area contributed by atoms with Crippen LogP contribution in [0.25, 0.3) is 0 Å². The minimum absolute atomic E-state index is 0.116. The number of hydrogen-bond acceptors (Lipinski definition) is 3. The zero-order valence-corrected chi connectivity index (χ0v) is 20.7. The van der Waals surface area contributed by atoms with E-state index in [1.165, 1.54) is 10.5 Å². The summed E-state index contributed by atoms with van der Waals surface area (Å²) >= 11 is 12.7. The van der Waals surface area contributed by atoms with Crippen LogP contribution in [0.2, 0.25) is 10.0 Å². The van der Waals surface area contributed by atoms with Crippen molar-refractivity contribution in [3.05, 3.63) is 63.6 Å². The quantitative estimate of drug-likeness (QED) is 0.441. The second-order valence-electron chi connectivity index (χ2n) is 7.95. The van der Waals surface area contributed by atoms with Crippen LogP contribution in [-0.4, -0.2) is 35.9 Å². The Kier molecular flexibility index (Phi) is 10.3. The van der Waals surface area contributed by atoms with Gasteiger partial charge in [0.25, 0.3) is 5.91 Å². The maximum absolute atomic E-state index is 13.2. The van der Waals surface area contributed by atoms with Gasteiger partial charge in [-0.25, -0.2) is 0 Å². The fraction of sp³-hybridized carbons (Fsp3) is 0.440. The van der Waals surface area contributed by atoms with Crippen LogP contribution in [0.4, 0.5) is 0 Å². The van der Waals surface area contributed by atoms with Gasteiger partial charge in [-0.3, -0.25) is 9.59 Å². The summed E-state index contributed by atoms with van der Waals surface area (Å²) in [5, 5.41) is 3.78. The third-order valence-corrected chi connectivity index (χ3v) is 5.94. The summed E-state index contributed by atoms with van der Waals surface area (Å²) in [4.78, 5) is 27.5. The molecule has 0 heterocycles. The molecule has 1 atom stereocenters. The molecule has 0 saturated carbocycles. The highest BCUT2D eigenvalue weighted by molar-refractivity contribution is 6.36. The molecule has 0 aliphatic carbocycles. The van der Waals surface area contributed by atoms with Crippen LogP contribution in [0.1, 0.15) is 57.6 Å². The van der Waals surface area contributed by atoms with Crippen LogP contribution in [0.5, 0.6) is 5.75 Å². The van der Waals surface area contributed by atoms with Crippen molar-refractivity contribution in [2.75, 3.05) is 13.2 Å². The molecule has 1 unspecified atom stereocenters. The Bertz CT molecular complexity index is 880. The van der Waals surface area contributed by atoms with E-state index in [9.17, 15) is 9.59 Å². The molecule has 174 valence electrons. The Labute approximate surface area is 201 Å². The van der Waals surface area contributed by atoms with Crippen molar-refractivity contribution in [1.82, 2.24) is 10.2 Å². The molecule has 5 nitrogen and oxygen atoms in total. The van der Waals surface area contributed by atoms with Crippen LogP contribution in [-0.2, 0) is 16.1 Å². The summed E-state index contributed by atoms with van der Waals surface area (Å²) in [5.74, 6) is 0.495. The van der Waals surface area contributed by atoms with E-state index in [1.54, 1.807) is 18.2 Å². The summed E-state index contributed by atoms with van der Waals surface area (Å²) < 4.78 is 5.75. The molecule has 32 heavy (non-hydrogen) atoms. The first-order chi connectivity index (χ1) is 15.3. The topological polar surface area (TPSA) is 58.6 Å². The van der Waals surface area contributed by atoms with Gasteiger partial charge in [0.2, 0.25) is 5.91 Å². The number of carbonyl (C=O) groups is 2. The summed E-state index contributed by atoms with van der Waals surface area (Å²) in [6.07, 6.45) is 1.26. The lowest BCUT2D eigenvalue weighted by Crippen LogP contribution is -2.50. The molecular weight excluding hydrogens is 447 g/mol. The van der Waals surface area contributed by atoms with Crippen LogP contribution in [0.15, 0.2) is 42.5 Å². The fourth-order valence-corrected chi connectivity index (χ4v) is 3.83. The van der Waals surface area contributed by atoms with Crippen molar-refractivity contribution in [3.63, 3.8) is 0 Å². The Morgan fingerprint density at radius 3 is 2.19 bits per heavy atom. The van der Waals surface area contributed by atoms with Crippen LogP contribution < -0.4 is 10.1 Å². The van der Waals surface area contributed by atoms with Crippen molar-refractivity contribution < 1.29 is 14.3 Å². The number of hydrogen-bond donors (Lipinski definition) is 1. The number of amides is 2. The molecule has 0 aromatic heterocycles. The largest absolute Gasteiger partial charge is 0.484 e. The lowest BCUT2D eigenvalue weighted by Gasteiger charge is -2.31. The molecule has 1 N–H and O–H groups in total. The maximum Gasteiger partial charge on any atom is 0.261 e. The van der Waals surface area contributed by atoms with Crippen molar-refractivity contribution in [3.8, 4) is 5.75 Å². The van der Waals surface area contributed by atoms with Gasteiger partial charge in [-0.1, -0.05) is 69.1 Å². The number of benzene rings is 2. The molecule has 0 bridgehead atoms. The van der Waals surface area contributed by atoms with Crippen molar-refractivity contribution in [2.24, 2.45) is 0 Å². The number of nitrogens with one attached hydrogen (secondary N) is 1. The first kappa shape index (κ1) is 26.0. The van der Waals surface area contributed by atoms with Gasteiger partial charge in [0.15, 0.2) is 6.61 Å². The van der Waals surface area contributed by atoms with Gasteiger partial charge in [0.1, 0.15) is 11.8 Å². The van der Waals surface area contributed by atoms with Crippen molar-refractivity contribution in [2.45, 2.75) is 59.0 Å². The standard InChI is InChI=1S/C25H32Cl2N2O3/c1-5-14-28-25(31)23(6-2)29(15-20-21(26)8-7-9-22(20)27)24(30)16-32-19-12-10-18(11-13-19)17(3)4/h7-13,17,23H,5-6,14-16H2,1-4H3,(H,28,31). The molecular formula is C25H32Cl2N2O3. The lowest BCUT2D eigenvalue weighted by molar-refractivity contribution is -0.143. The molecule has 2 aromatic rings. The summed E-state index contributed by atoms with van der Waals surface area (Å²) in [5.41, 5.74) is 1.80. The van der Waals surface area contributed by atoms with Gasteiger partial charge in [-0.15, -0.1) is 0 Å². The normalized spacial score (nSPS) is 11.8. The first-order valence-corrected chi connectivity index (χ1v) is 11.8. The summed E-state index contributed by atoms with van der Waals surface area (Å²) in [6, 6.07) is 12.2. The molecule has 0 saturated heterocycles. The van der Waals surface area contributed by atoms with E-state index >= 15 is 0 Å². The van der Waals surface area contributed by atoms with Gasteiger partial charge < -0.3 is 15.0 Å². The minimum Gasteiger partial charge on any atom is -0.484 e. The van der Waals surface area contributed by atoms with E-state index in [1.807, 2.05) is 38.1 Å². The first-order valence-electron chi connectivity index (χ1n) is 11.0. The average Bonchev–Trinajstić information content (AvgIpc) is 2.78. The average molecular weight is 479 g/mol. The van der Waals surface area contributed by atoms with Crippen molar-refractivity contribution >= 4 is 35.0 Å². The van der Waals surface area contributed by atoms with Gasteiger partial charge in [0, 0.05) is 28.7 Å². The number of carbonyl (C=O) groups excluding carboxylic acids is 2. The second kappa shape index (κ2) is 12.7. The van der Waals surface area contributed by atoms with E-state index in [4.69, 9.17) is 27.9 Å². The fourth-order valence-electron chi connectivity index (χ4n) is 3.32. The van der Waals surface area contributed by atoms with E-state index < -0.39 is 6.04 Å². The van der Waals surface area contributed by atoms with Gasteiger partial charge >= 0.3 is 0 Å². The number of ether oxygens (including phenoxy) is 1. The van der Waals surface area contributed by atoms with Crippen molar-refractivity contribution in [1.29, 1.82) is 0 Å². The van der Waals surface area contributed by atoms with E-state index in [0.29, 0.717) is 40.2 Å². The van der Waals surface area contributed by atoms with E-state index in [2.05, 4.69) is 19.2 Å². The molecule has 0 radical (unpaired) electrons. The van der Waals surface area contributed by atoms with Crippen LogP contribution in [0, 0.1) is 0 Å².